The molecule has 2 rings (SSSR count). The summed E-state index contributed by atoms with van der Waals surface area (Å²) < 4.78 is 50.8. The highest BCUT2D eigenvalue weighted by molar-refractivity contribution is 6.04. The zero-order valence-corrected chi connectivity index (χ0v) is 11.2. The molecule has 5 nitrogen and oxygen atoms in total. The fraction of sp³-hybridized carbons (Fsp3) is 0.0714. The molecule has 0 heterocycles. The lowest BCUT2D eigenvalue weighted by molar-refractivity contribution is -0.384. The number of hydrogen-bond acceptors (Lipinski definition) is 3. The van der Waals surface area contributed by atoms with E-state index in [4.69, 9.17) is 0 Å². The predicted octanol–water partition coefficient (Wildman–Crippen LogP) is 4.01. The van der Waals surface area contributed by atoms with Gasteiger partial charge in [-0.1, -0.05) is 0 Å². The minimum absolute atomic E-state index is 0.00564. The number of non-ortho nitro benzene ring substituents is 1. The maximum atomic E-state index is 13.6. The van der Waals surface area contributed by atoms with Gasteiger partial charge in [0, 0.05) is 17.8 Å². The van der Waals surface area contributed by atoms with E-state index in [1.807, 2.05) is 0 Å². The number of alkyl halides is 3. The van der Waals surface area contributed by atoms with E-state index in [1.54, 1.807) is 0 Å². The second-order valence-electron chi connectivity index (χ2n) is 4.45. The Balaban J connectivity index is 2.22. The van der Waals surface area contributed by atoms with Crippen LogP contribution >= 0.6 is 0 Å². The fourth-order valence-electron chi connectivity index (χ4n) is 1.74. The van der Waals surface area contributed by atoms with Gasteiger partial charge in [0.2, 0.25) is 0 Å². The average Bonchev–Trinajstić information content (AvgIpc) is 2.47. The normalized spacial score (nSPS) is 11.1. The fourth-order valence-corrected chi connectivity index (χ4v) is 1.74. The minimum atomic E-state index is -4.52. The van der Waals surface area contributed by atoms with Crippen LogP contribution in [-0.2, 0) is 6.18 Å². The summed E-state index contributed by atoms with van der Waals surface area (Å²) >= 11 is 0. The molecular formula is C14H8F4N2O3. The molecule has 0 radical (unpaired) electrons. The molecule has 0 fully saturated rings. The van der Waals surface area contributed by atoms with Crippen molar-refractivity contribution in [2.24, 2.45) is 0 Å². The van der Waals surface area contributed by atoms with Gasteiger partial charge in [-0.15, -0.1) is 0 Å². The van der Waals surface area contributed by atoms with Crippen molar-refractivity contribution in [1.29, 1.82) is 0 Å². The summed E-state index contributed by atoms with van der Waals surface area (Å²) in [6.45, 7) is 0. The number of benzene rings is 2. The van der Waals surface area contributed by atoms with Gasteiger partial charge in [-0.2, -0.15) is 13.2 Å². The second-order valence-corrected chi connectivity index (χ2v) is 4.45. The van der Waals surface area contributed by atoms with Crippen LogP contribution < -0.4 is 5.32 Å². The lowest BCUT2D eigenvalue weighted by Crippen LogP contribution is -2.14. The standard InChI is InChI=1S/C14H8F4N2O3/c15-12-6-5-10(20(22)23)7-11(12)13(21)19-9-3-1-8(2-4-9)14(16,17)18/h1-7H,(H,19,21). The van der Waals surface area contributed by atoms with Gasteiger partial charge in [0.05, 0.1) is 16.1 Å². The lowest BCUT2D eigenvalue weighted by Gasteiger charge is -2.09. The molecule has 1 amide bonds. The highest BCUT2D eigenvalue weighted by Gasteiger charge is 2.30. The number of hydrogen-bond donors (Lipinski definition) is 1. The summed E-state index contributed by atoms with van der Waals surface area (Å²) in [6, 6.07) is 5.89. The van der Waals surface area contributed by atoms with Crippen molar-refractivity contribution in [3.63, 3.8) is 0 Å². The average molecular weight is 328 g/mol. The Hall–Kier alpha value is -2.97. The van der Waals surface area contributed by atoms with Crippen molar-refractivity contribution in [1.82, 2.24) is 0 Å². The molecule has 0 aromatic heterocycles. The number of rotatable bonds is 3. The van der Waals surface area contributed by atoms with Crippen molar-refractivity contribution in [2.75, 3.05) is 5.32 Å². The molecule has 0 unspecified atom stereocenters. The summed E-state index contributed by atoms with van der Waals surface area (Å²) in [4.78, 5) is 21.7. The maximum Gasteiger partial charge on any atom is 0.416 e. The molecule has 9 heteroatoms. The quantitative estimate of drug-likeness (QED) is 0.526. The van der Waals surface area contributed by atoms with Crippen LogP contribution in [-0.4, -0.2) is 10.8 Å². The van der Waals surface area contributed by atoms with E-state index in [1.165, 1.54) is 0 Å². The van der Waals surface area contributed by atoms with Gasteiger partial charge < -0.3 is 5.32 Å². The van der Waals surface area contributed by atoms with Crippen LogP contribution in [0.3, 0.4) is 0 Å². The highest BCUT2D eigenvalue weighted by atomic mass is 19.4. The minimum Gasteiger partial charge on any atom is -0.322 e. The summed E-state index contributed by atoms with van der Waals surface area (Å²) in [6.07, 6.45) is -4.52. The van der Waals surface area contributed by atoms with Crippen LogP contribution in [0.5, 0.6) is 0 Å². The monoisotopic (exact) mass is 328 g/mol. The predicted molar refractivity (Wildman–Crippen MR) is 72.5 cm³/mol. The van der Waals surface area contributed by atoms with Crippen LogP contribution in [0.1, 0.15) is 15.9 Å². The van der Waals surface area contributed by atoms with Gasteiger partial charge in [-0.25, -0.2) is 4.39 Å². The van der Waals surface area contributed by atoms with Crippen molar-refractivity contribution in [3.05, 3.63) is 69.5 Å². The SMILES string of the molecule is O=C(Nc1ccc(C(F)(F)F)cc1)c1cc([N+](=O)[O-])ccc1F. The summed E-state index contributed by atoms with van der Waals surface area (Å²) in [5.41, 5.74) is -1.98. The number of halogens is 4. The molecule has 0 spiro atoms. The first-order valence-electron chi connectivity index (χ1n) is 6.11. The molecule has 120 valence electrons. The Morgan fingerprint density at radius 3 is 2.22 bits per heavy atom. The number of nitrogens with zero attached hydrogens (tertiary/aromatic N) is 1. The largest absolute Gasteiger partial charge is 0.416 e. The molecule has 0 aliphatic rings. The van der Waals surface area contributed by atoms with E-state index < -0.39 is 39.6 Å². The van der Waals surface area contributed by atoms with Crippen molar-refractivity contribution in [3.8, 4) is 0 Å². The van der Waals surface area contributed by atoms with Gasteiger partial charge in [-0.05, 0) is 30.3 Å². The number of nitro groups is 1. The van der Waals surface area contributed by atoms with Gasteiger partial charge >= 0.3 is 6.18 Å². The molecule has 0 aliphatic heterocycles. The van der Waals surface area contributed by atoms with Gasteiger partial charge in [0.25, 0.3) is 11.6 Å². The lowest BCUT2D eigenvalue weighted by atomic mass is 10.1. The van der Waals surface area contributed by atoms with E-state index in [0.717, 1.165) is 42.5 Å². The molecule has 1 N–H and O–H groups in total. The van der Waals surface area contributed by atoms with E-state index in [9.17, 15) is 32.5 Å². The highest BCUT2D eigenvalue weighted by Crippen LogP contribution is 2.30. The molecule has 0 saturated carbocycles. The Kier molecular flexibility index (Phi) is 4.30. The van der Waals surface area contributed by atoms with Gasteiger partial charge in [0.1, 0.15) is 5.82 Å². The van der Waals surface area contributed by atoms with Crippen molar-refractivity contribution in [2.45, 2.75) is 6.18 Å². The molecule has 0 saturated heterocycles. The Bertz CT molecular complexity index is 758. The summed E-state index contributed by atoms with van der Waals surface area (Å²) in [7, 11) is 0. The molecule has 2 aromatic carbocycles. The van der Waals surface area contributed by atoms with Crippen LogP contribution in [0.4, 0.5) is 28.9 Å². The first-order chi connectivity index (χ1) is 10.7. The summed E-state index contributed by atoms with van der Waals surface area (Å²) in [5, 5.41) is 12.8. The first kappa shape index (κ1) is 16.4. The number of carbonyl (C=O) groups is 1. The molecule has 23 heavy (non-hydrogen) atoms. The number of nitrogens with one attached hydrogen (secondary N) is 1. The third kappa shape index (κ3) is 3.82. The molecule has 0 aliphatic carbocycles. The Morgan fingerprint density at radius 2 is 1.70 bits per heavy atom. The maximum absolute atomic E-state index is 13.6. The van der Waals surface area contributed by atoms with Crippen molar-refractivity contribution < 1.29 is 27.3 Å². The van der Waals surface area contributed by atoms with Gasteiger partial charge in [0.15, 0.2) is 0 Å². The van der Waals surface area contributed by atoms with E-state index in [2.05, 4.69) is 5.32 Å². The van der Waals surface area contributed by atoms with Crippen LogP contribution in [0.2, 0.25) is 0 Å². The van der Waals surface area contributed by atoms with E-state index in [-0.39, 0.29) is 5.69 Å². The topological polar surface area (TPSA) is 72.2 Å². The smallest absolute Gasteiger partial charge is 0.322 e. The zero-order chi connectivity index (χ0) is 17.2. The number of amides is 1. The zero-order valence-electron chi connectivity index (χ0n) is 11.2. The molecular weight excluding hydrogens is 320 g/mol. The van der Waals surface area contributed by atoms with Crippen LogP contribution in [0.15, 0.2) is 42.5 Å². The number of carbonyl (C=O) groups excluding carboxylic acids is 1. The van der Waals surface area contributed by atoms with Crippen LogP contribution in [0.25, 0.3) is 0 Å². The Morgan fingerprint density at radius 1 is 1.09 bits per heavy atom. The second kappa shape index (κ2) is 6.03. The number of nitro benzene ring substituents is 1. The Labute approximate surface area is 126 Å². The van der Waals surface area contributed by atoms with Crippen molar-refractivity contribution >= 4 is 17.3 Å². The van der Waals surface area contributed by atoms with E-state index in [0.29, 0.717) is 0 Å². The first-order valence-corrected chi connectivity index (χ1v) is 6.11. The molecule has 2 aromatic rings. The third-order valence-corrected chi connectivity index (χ3v) is 2.88. The van der Waals surface area contributed by atoms with Crippen LogP contribution in [0, 0.1) is 15.9 Å². The summed E-state index contributed by atoms with van der Waals surface area (Å²) in [5.74, 6) is -1.99. The van der Waals surface area contributed by atoms with E-state index >= 15 is 0 Å². The van der Waals surface area contributed by atoms with Gasteiger partial charge in [-0.3, -0.25) is 14.9 Å². The third-order valence-electron chi connectivity index (χ3n) is 2.88. The molecule has 0 bridgehead atoms. The molecule has 0 atom stereocenters. The number of anilines is 1.